The molecule has 1 amide bonds. The Labute approximate surface area is 108 Å². The van der Waals surface area contributed by atoms with E-state index < -0.39 is 5.97 Å². The molecular formula is C11H12INO3. The summed E-state index contributed by atoms with van der Waals surface area (Å²) >= 11 is 2.18. The Hall–Kier alpha value is -1.11. The summed E-state index contributed by atoms with van der Waals surface area (Å²) in [5, 5.41) is 2.49. The average molecular weight is 333 g/mol. The molecule has 16 heavy (non-hydrogen) atoms. The van der Waals surface area contributed by atoms with Gasteiger partial charge < -0.3 is 10.1 Å². The van der Waals surface area contributed by atoms with Crippen LogP contribution in [0.2, 0.25) is 0 Å². The number of hydrogen-bond acceptors (Lipinski definition) is 3. The number of hydrogen-bond donors (Lipinski definition) is 1. The lowest BCUT2D eigenvalue weighted by Crippen LogP contribution is -2.31. The maximum Gasteiger partial charge on any atom is 0.325 e. The van der Waals surface area contributed by atoms with E-state index in [2.05, 4.69) is 32.6 Å². The fraction of sp³-hybridized carbons (Fsp3) is 0.273. The Balaban J connectivity index is 2.43. The predicted molar refractivity (Wildman–Crippen MR) is 67.9 cm³/mol. The van der Waals surface area contributed by atoms with Gasteiger partial charge in [-0.05, 0) is 40.3 Å². The van der Waals surface area contributed by atoms with E-state index in [1.54, 1.807) is 0 Å². The molecule has 0 fully saturated rings. The Morgan fingerprint density at radius 1 is 1.44 bits per heavy atom. The molecule has 1 aromatic carbocycles. The van der Waals surface area contributed by atoms with E-state index in [-0.39, 0.29) is 18.9 Å². The van der Waals surface area contributed by atoms with Crippen molar-refractivity contribution in [1.82, 2.24) is 5.32 Å². The van der Waals surface area contributed by atoms with Crippen LogP contribution in [-0.4, -0.2) is 25.5 Å². The minimum atomic E-state index is -0.448. The molecule has 86 valence electrons. The van der Waals surface area contributed by atoms with E-state index in [0.29, 0.717) is 0 Å². The highest BCUT2D eigenvalue weighted by atomic mass is 127. The number of nitrogens with one attached hydrogen (secondary N) is 1. The van der Waals surface area contributed by atoms with Gasteiger partial charge in [-0.1, -0.05) is 12.1 Å². The summed E-state index contributed by atoms with van der Waals surface area (Å²) in [6, 6.07) is 7.65. The number of esters is 1. The number of amides is 1. The minimum Gasteiger partial charge on any atom is -0.468 e. The van der Waals surface area contributed by atoms with Crippen molar-refractivity contribution in [2.75, 3.05) is 13.7 Å². The van der Waals surface area contributed by atoms with Crippen LogP contribution in [0.15, 0.2) is 24.3 Å². The molecule has 0 atom stereocenters. The fourth-order valence-corrected chi connectivity index (χ4v) is 1.75. The van der Waals surface area contributed by atoms with E-state index in [1.807, 2.05) is 24.3 Å². The molecule has 0 saturated carbocycles. The standard InChI is InChI=1S/C11H12INO3/c1-16-11(15)7-13-10(14)6-8-3-2-4-9(12)5-8/h2-5H,6-7H2,1H3,(H,13,14). The van der Waals surface area contributed by atoms with Crippen LogP contribution in [0.1, 0.15) is 5.56 Å². The first-order valence-electron chi connectivity index (χ1n) is 4.70. The van der Waals surface area contributed by atoms with E-state index >= 15 is 0 Å². The van der Waals surface area contributed by atoms with Crippen molar-refractivity contribution < 1.29 is 14.3 Å². The van der Waals surface area contributed by atoms with E-state index in [9.17, 15) is 9.59 Å². The van der Waals surface area contributed by atoms with Gasteiger partial charge in [0.2, 0.25) is 5.91 Å². The van der Waals surface area contributed by atoms with Crippen molar-refractivity contribution in [1.29, 1.82) is 0 Å². The molecule has 0 spiro atoms. The van der Waals surface area contributed by atoms with Crippen LogP contribution in [-0.2, 0) is 20.7 Å². The van der Waals surface area contributed by atoms with Gasteiger partial charge in [-0.3, -0.25) is 9.59 Å². The minimum absolute atomic E-state index is 0.0841. The highest BCUT2D eigenvalue weighted by Gasteiger charge is 2.06. The molecule has 0 aliphatic rings. The van der Waals surface area contributed by atoms with Crippen LogP contribution >= 0.6 is 22.6 Å². The van der Waals surface area contributed by atoms with E-state index in [0.717, 1.165) is 9.13 Å². The molecular weight excluding hydrogens is 321 g/mol. The molecule has 0 saturated heterocycles. The van der Waals surface area contributed by atoms with Crippen LogP contribution < -0.4 is 5.32 Å². The van der Waals surface area contributed by atoms with Crippen LogP contribution in [0.5, 0.6) is 0 Å². The largest absolute Gasteiger partial charge is 0.468 e. The third kappa shape index (κ3) is 4.61. The summed E-state index contributed by atoms with van der Waals surface area (Å²) in [5.41, 5.74) is 0.925. The quantitative estimate of drug-likeness (QED) is 0.664. The first-order valence-corrected chi connectivity index (χ1v) is 5.77. The Morgan fingerprint density at radius 2 is 2.19 bits per heavy atom. The molecule has 1 aromatic rings. The molecule has 0 unspecified atom stereocenters. The third-order valence-corrected chi connectivity index (χ3v) is 2.58. The Morgan fingerprint density at radius 3 is 2.81 bits per heavy atom. The SMILES string of the molecule is COC(=O)CNC(=O)Cc1cccc(I)c1. The van der Waals surface area contributed by atoms with Crippen LogP contribution in [0, 0.1) is 3.57 Å². The highest BCUT2D eigenvalue weighted by molar-refractivity contribution is 14.1. The molecule has 0 bridgehead atoms. The topological polar surface area (TPSA) is 55.4 Å². The van der Waals surface area contributed by atoms with Gasteiger partial charge in [0.1, 0.15) is 6.54 Å². The summed E-state index contributed by atoms with van der Waals surface area (Å²) in [7, 11) is 1.29. The number of halogens is 1. The molecule has 0 heterocycles. The van der Waals surface area contributed by atoms with Crippen LogP contribution in [0.4, 0.5) is 0 Å². The lowest BCUT2D eigenvalue weighted by molar-refractivity contribution is -0.141. The maximum absolute atomic E-state index is 11.4. The van der Waals surface area contributed by atoms with Crippen molar-refractivity contribution in [3.8, 4) is 0 Å². The first-order chi connectivity index (χ1) is 7.61. The molecule has 0 aliphatic carbocycles. The molecule has 0 aromatic heterocycles. The second-order valence-electron chi connectivity index (χ2n) is 3.16. The van der Waals surface area contributed by atoms with Gasteiger partial charge in [-0.25, -0.2) is 0 Å². The van der Waals surface area contributed by atoms with E-state index in [4.69, 9.17) is 0 Å². The number of rotatable bonds is 4. The Kier molecular flexibility index (Phi) is 5.24. The molecule has 1 rings (SSSR count). The van der Waals surface area contributed by atoms with Gasteiger partial charge in [-0.15, -0.1) is 0 Å². The zero-order valence-electron chi connectivity index (χ0n) is 8.83. The average Bonchev–Trinajstić information content (AvgIpc) is 2.26. The summed E-state index contributed by atoms with van der Waals surface area (Å²) in [6.07, 6.45) is 0.272. The second-order valence-corrected chi connectivity index (χ2v) is 4.41. The number of carbonyl (C=O) groups is 2. The van der Waals surface area contributed by atoms with Gasteiger partial charge in [0.05, 0.1) is 13.5 Å². The van der Waals surface area contributed by atoms with Crippen molar-refractivity contribution in [2.24, 2.45) is 0 Å². The van der Waals surface area contributed by atoms with Crippen molar-refractivity contribution in [2.45, 2.75) is 6.42 Å². The zero-order valence-corrected chi connectivity index (χ0v) is 11.0. The van der Waals surface area contributed by atoms with Gasteiger partial charge in [-0.2, -0.15) is 0 Å². The van der Waals surface area contributed by atoms with E-state index in [1.165, 1.54) is 7.11 Å². The van der Waals surface area contributed by atoms with Crippen molar-refractivity contribution in [3.05, 3.63) is 33.4 Å². The van der Waals surface area contributed by atoms with Gasteiger partial charge in [0, 0.05) is 3.57 Å². The lowest BCUT2D eigenvalue weighted by Gasteiger charge is -2.04. The summed E-state index contributed by atoms with van der Waals surface area (Å²) in [5.74, 6) is -0.636. The van der Waals surface area contributed by atoms with Gasteiger partial charge in [0.15, 0.2) is 0 Å². The fourth-order valence-electron chi connectivity index (χ4n) is 1.14. The molecule has 0 aliphatic heterocycles. The Bertz CT molecular complexity index is 393. The molecule has 5 heteroatoms. The zero-order chi connectivity index (χ0) is 12.0. The molecule has 4 nitrogen and oxygen atoms in total. The third-order valence-electron chi connectivity index (χ3n) is 1.91. The van der Waals surface area contributed by atoms with Gasteiger partial charge in [0.25, 0.3) is 0 Å². The highest BCUT2D eigenvalue weighted by Crippen LogP contribution is 2.08. The van der Waals surface area contributed by atoms with Crippen molar-refractivity contribution >= 4 is 34.5 Å². The first kappa shape index (κ1) is 13.0. The van der Waals surface area contributed by atoms with Crippen molar-refractivity contribution in [3.63, 3.8) is 0 Å². The normalized spacial score (nSPS) is 9.62. The predicted octanol–water partition coefficient (Wildman–Crippen LogP) is 1.12. The van der Waals surface area contributed by atoms with Crippen LogP contribution in [0.25, 0.3) is 0 Å². The lowest BCUT2D eigenvalue weighted by atomic mass is 10.1. The number of ether oxygens (including phenoxy) is 1. The monoisotopic (exact) mass is 333 g/mol. The summed E-state index contributed by atoms with van der Waals surface area (Å²) in [4.78, 5) is 22.2. The summed E-state index contributed by atoms with van der Waals surface area (Å²) < 4.78 is 5.49. The smallest absolute Gasteiger partial charge is 0.325 e. The molecule has 1 N–H and O–H groups in total. The number of methoxy groups -OCH3 is 1. The molecule has 0 radical (unpaired) electrons. The second kappa shape index (κ2) is 6.47. The number of carbonyl (C=O) groups excluding carboxylic acids is 2. The van der Waals surface area contributed by atoms with Crippen LogP contribution in [0.3, 0.4) is 0 Å². The van der Waals surface area contributed by atoms with Gasteiger partial charge >= 0.3 is 5.97 Å². The maximum atomic E-state index is 11.4. The number of benzene rings is 1. The summed E-state index contributed by atoms with van der Waals surface area (Å²) in [6.45, 7) is -0.0841.